The monoisotopic (exact) mass is 236 g/mol. The first-order valence-corrected chi connectivity index (χ1v) is 5.62. The lowest BCUT2D eigenvalue weighted by atomic mass is 10.1. The molecule has 1 aromatic rings. The molecule has 2 heterocycles. The zero-order chi connectivity index (χ0) is 12.4. The number of aryl methyl sites for hydroxylation is 1. The molecular weight excluding hydrogens is 220 g/mol. The van der Waals surface area contributed by atoms with Gasteiger partial charge in [-0.05, 0) is 12.5 Å². The fraction of sp³-hybridized carbons (Fsp3) is 0.545. The van der Waals surface area contributed by atoms with Gasteiger partial charge < -0.3 is 10.2 Å². The molecule has 1 N–H and O–H groups in total. The molecule has 17 heavy (non-hydrogen) atoms. The van der Waals surface area contributed by atoms with E-state index in [9.17, 15) is 9.59 Å². The van der Waals surface area contributed by atoms with Crippen LogP contribution in [0, 0.1) is 5.92 Å². The molecular formula is C11H16N4O2. The average molecular weight is 236 g/mol. The lowest BCUT2D eigenvalue weighted by molar-refractivity contribution is -0.124. The highest BCUT2D eigenvalue weighted by atomic mass is 16.2. The number of hydrogen-bond acceptors (Lipinski definition) is 3. The molecule has 1 fully saturated rings. The van der Waals surface area contributed by atoms with E-state index in [0.29, 0.717) is 18.8 Å². The van der Waals surface area contributed by atoms with Gasteiger partial charge in [-0.25, -0.2) is 0 Å². The molecule has 0 radical (unpaired) electrons. The summed E-state index contributed by atoms with van der Waals surface area (Å²) in [6.45, 7) is 1.10. The predicted octanol–water partition coefficient (Wildman–Crippen LogP) is -0.372. The first-order chi connectivity index (χ1) is 8.11. The summed E-state index contributed by atoms with van der Waals surface area (Å²) in [5.74, 6) is -0.189. The van der Waals surface area contributed by atoms with Gasteiger partial charge in [-0.15, -0.1) is 0 Å². The Morgan fingerprint density at radius 2 is 2.29 bits per heavy atom. The van der Waals surface area contributed by atoms with E-state index in [1.807, 2.05) is 0 Å². The predicted molar refractivity (Wildman–Crippen MR) is 61.3 cm³/mol. The second-order valence-corrected chi connectivity index (χ2v) is 4.23. The topological polar surface area (TPSA) is 67.2 Å². The third kappa shape index (κ3) is 2.30. The lowest BCUT2D eigenvalue weighted by Gasteiger charge is -2.14. The second-order valence-electron chi connectivity index (χ2n) is 4.23. The van der Waals surface area contributed by atoms with E-state index in [1.165, 1.54) is 0 Å². The fourth-order valence-corrected chi connectivity index (χ4v) is 2.05. The van der Waals surface area contributed by atoms with Crippen molar-refractivity contribution in [2.45, 2.75) is 6.42 Å². The van der Waals surface area contributed by atoms with Crippen LogP contribution in [0.15, 0.2) is 12.3 Å². The van der Waals surface area contributed by atoms with Gasteiger partial charge in [-0.1, -0.05) is 0 Å². The summed E-state index contributed by atoms with van der Waals surface area (Å²) in [5.41, 5.74) is 0.435. The Labute approximate surface area is 99.6 Å². The van der Waals surface area contributed by atoms with E-state index in [4.69, 9.17) is 0 Å². The SMILES string of the molecule is CNC(=O)[C@H]1CCN(C(=O)c2ccn(C)n2)C1. The largest absolute Gasteiger partial charge is 0.359 e. The summed E-state index contributed by atoms with van der Waals surface area (Å²) in [4.78, 5) is 25.2. The van der Waals surface area contributed by atoms with Crippen LogP contribution in [0.5, 0.6) is 0 Å². The molecule has 0 saturated carbocycles. The maximum atomic E-state index is 12.0. The van der Waals surface area contributed by atoms with Crippen molar-refractivity contribution < 1.29 is 9.59 Å². The molecule has 2 amide bonds. The van der Waals surface area contributed by atoms with E-state index < -0.39 is 0 Å². The Hall–Kier alpha value is -1.85. The third-order valence-electron chi connectivity index (χ3n) is 3.03. The molecule has 0 aliphatic carbocycles. The minimum Gasteiger partial charge on any atom is -0.359 e. The molecule has 0 spiro atoms. The number of carbonyl (C=O) groups is 2. The summed E-state index contributed by atoms with van der Waals surface area (Å²) in [5, 5.41) is 6.68. The quantitative estimate of drug-likeness (QED) is 0.761. The molecule has 0 aromatic carbocycles. The molecule has 1 aliphatic rings. The maximum absolute atomic E-state index is 12.0. The first kappa shape index (κ1) is 11.6. The van der Waals surface area contributed by atoms with Crippen LogP contribution in [0.25, 0.3) is 0 Å². The van der Waals surface area contributed by atoms with Crippen LogP contribution in [0.1, 0.15) is 16.9 Å². The minimum atomic E-state index is -0.1000. The summed E-state index contributed by atoms with van der Waals surface area (Å²) in [6.07, 6.45) is 2.46. The standard InChI is InChI=1S/C11H16N4O2/c1-12-10(16)8-3-6-15(7-8)11(17)9-4-5-14(2)13-9/h4-5,8H,3,6-7H2,1-2H3,(H,12,16)/t8-/m0/s1. The molecule has 0 unspecified atom stereocenters. The molecule has 1 aliphatic heterocycles. The van der Waals surface area contributed by atoms with Gasteiger partial charge in [0.15, 0.2) is 0 Å². The minimum absolute atomic E-state index is 0.00122. The highest BCUT2D eigenvalue weighted by Crippen LogP contribution is 2.18. The smallest absolute Gasteiger partial charge is 0.274 e. The number of amides is 2. The van der Waals surface area contributed by atoms with Crippen molar-refractivity contribution in [2.75, 3.05) is 20.1 Å². The van der Waals surface area contributed by atoms with Gasteiger partial charge >= 0.3 is 0 Å². The van der Waals surface area contributed by atoms with Crippen molar-refractivity contribution in [1.82, 2.24) is 20.0 Å². The molecule has 1 aromatic heterocycles. The van der Waals surface area contributed by atoms with Crippen LogP contribution in [-0.2, 0) is 11.8 Å². The highest BCUT2D eigenvalue weighted by Gasteiger charge is 2.31. The summed E-state index contributed by atoms with van der Waals surface area (Å²) < 4.78 is 1.60. The van der Waals surface area contributed by atoms with Crippen molar-refractivity contribution in [1.29, 1.82) is 0 Å². The van der Waals surface area contributed by atoms with Gasteiger partial charge in [0.25, 0.3) is 5.91 Å². The number of aromatic nitrogens is 2. The van der Waals surface area contributed by atoms with Crippen LogP contribution >= 0.6 is 0 Å². The molecule has 0 bridgehead atoms. The maximum Gasteiger partial charge on any atom is 0.274 e. The molecule has 2 rings (SSSR count). The van der Waals surface area contributed by atoms with Gasteiger partial charge in [0.05, 0.1) is 5.92 Å². The van der Waals surface area contributed by atoms with Crippen molar-refractivity contribution >= 4 is 11.8 Å². The van der Waals surface area contributed by atoms with Crippen molar-refractivity contribution in [2.24, 2.45) is 13.0 Å². The number of nitrogens with zero attached hydrogens (tertiary/aromatic N) is 3. The molecule has 6 heteroatoms. The molecule has 1 atom stereocenters. The Morgan fingerprint density at radius 1 is 1.53 bits per heavy atom. The Bertz CT molecular complexity index is 440. The number of rotatable bonds is 2. The van der Waals surface area contributed by atoms with Crippen molar-refractivity contribution in [3.05, 3.63) is 18.0 Å². The van der Waals surface area contributed by atoms with Crippen LogP contribution in [0.2, 0.25) is 0 Å². The Morgan fingerprint density at radius 3 is 2.88 bits per heavy atom. The van der Waals surface area contributed by atoms with Crippen LogP contribution in [0.4, 0.5) is 0 Å². The van der Waals surface area contributed by atoms with Gasteiger partial charge in [0, 0.05) is 33.4 Å². The molecule has 1 saturated heterocycles. The van der Waals surface area contributed by atoms with Crippen molar-refractivity contribution in [3.63, 3.8) is 0 Å². The van der Waals surface area contributed by atoms with E-state index in [-0.39, 0.29) is 17.7 Å². The van der Waals surface area contributed by atoms with E-state index in [0.717, 1.165) is 6.42 Å². The molecule has 92 valence electrons. The summed E-state index contributed by atoms with van der Waals surface area (Å²) in [7, 11) is 3.39. The normalized spacial score (nSPS) is 19.4. The zero-order valence-electron chi connectivity index (χ0n) is 10.0. The molecule has 6 nitrogen and oxygen atoms in total. The van der Waals surface area contributed by atoms with Gasteiger partial charge in [0.1, 0.15) is 5.69 Å². The number of hydrogen-bond donors (Lipinski definition) is 1. The average Bonchev–Trinajstić information content (AvgIpc) is 2.95. The number of likely N-dealkylation sites (tertiary alicyclic amines) is 1. The summed E-state index contributed by atoms with van der Waals surface area (Å²) >= 11 is 0. The lowest BCUT2D eigenvalue weighted by Crippen LogP contribution is -2.33. The van der Waals surface area contributed by atoms with Crippen LogP contribution in [-0.4, -0.2) is 46.6 Å². The Balaban J connectivity index is 2.01. The second kappa shape index (κ2) is 4.57. The van der Waals surface area contributed by atoms with Crippen LogP contribution < -0.4 is 5.32 Å². The fourth-order valence-electron chi connectivity index (χ4n) is 2.05. The first-order valence-electron chi connectivity index (χ1n) is 5.62. The summed E-state index contributed by atoms with van der Waals surface area (Å²) in [6, 6.07) is 1.69. The number of carbonyl (C=O) groups excluding carboxylic acids is 2. The van der Waals surface area contributed by atoms with Gasteiger partial charge in [0.2, 0.25) is 5.91 Å². The van der Waals surface area contributed by atoms with Gasteiger partial charge in [-0.3, -0.25) is 14.3 Å². The van der Waals surface area contributed by atoms with E-state index >= 15 is 0 Å². The van der Waals surface area contributed by atoms with Gasteiger partial charge in [-0.2, -0.15) is 5.10 Å². The zero-order valence-corrected chi connectivity index (χ0v) is 10.0. The Kier molecular flexibility index (Phi) is 3.12. The van der Waals surface area contributed by atoms with E-state index in [2.05, 4.69) is 10.4 Å². The van der Waals surface area contributed by atoms with Crippen molar-refractivity contribution in [3.8, 4) is 0 Å². The van der Waals surface area contributed by atoms with Crippen LogP contribution in [0.3, 0.4) is 0 Å². The third-order valence-corrected chi connectivity index (χ3v) is 3.03. The highest BCUT2D eigenvalue weighted by molar-refractivity contribution is 5.93. The van der Waals surface area contributed by atoms with E-state index in [1.54, 1.807) is 35.9 Å². The number of nitrogens with one attached hydrogen (secondary N) is 1.